The van der Waals surface area contributed by atoms with E-state index in [9.17, 15) is 22.8 Å². The van der Waals surface area contributed by atoms with Crippen LogP contribution in [0.15, 0.2) is 48.5 Å². The van der Waals surface area contributed by atoms with Crippen molar-refractivity contribution in [3.05, 3.63) is 59.1 Å². The number of carbonyl (C=O) groups excluding carboxylic acids is 2. The number of benzene rings is 2. The molecule has 2 amide bonds. The molecule has 26 heavy (non-hydrogen) atoms. The van der Waals surface area contributed by atoms with Gasteiger partial charge in [-0.05, 0) is 37.3 Å². The van der Waals surface area contributed by atoms with Crippen LogP contribution in [0.3, 0.4) is 0 Å². The van der Waals surface area contributed by atoms with E-state index in [4.69, 9.17) is 11.6 Å². The summed E-state index contributed by atoms with van der Waals surface area (Å²) in [4.78, 5) is 25.8. The van der Waals surface area contributed by atoms with Gasteiger partial charge in [0.15, 0.2) is 0 Å². The van der Waals surface area contributed by atoms with Gasteiger partial charge < -0.3 is 10.2 Å². The lowest BCUT2D eigenvalue weighted by Gasteiger charge is -2.21. The third kappa shape index (κ3) is 4.98. The third-order valence-electron chi connectivity index (χ3n) is 3.56. The molecule has 0 unspecified atom stereocenters. The molecule has 1 N–H and O–H groups in total. The van der Waals surface area contributed by atoms with Crippen LogP contribution in [-0.4, -0.2) is 18.4 Å². The predicted octanol–water partition coefficient (Wildman–Crippen LogP) is 4.74. The second kappa shape index (κ2) is 8.23. The molecule has 2 rings (SSSR count). The first-order valence-electron chi connectivity index (χ1n) is 7.74. The maximum Gasteiger partial charge on any atom is 0.416 e. The highest BCUT2D eigenvalue weighted by Crippen LogP contribution is 2.33. The summed E-state index contributed by atoms with van der Waals surface area (Å²) in [7, 11) is 0. The van der Waals surface area contributed by atoms with Gasteiger partial charge in [-0.1, -0.05) is 29.8 Å². The fraction of sp³-hybridized carbons (Fsp3) is 0.222. The van der Waals surface area contributed by atoms with E-state index in [0.717, 1.165) is 18.2 Å². The largest absolute Gasteiger partial charge is 0.416 e. The maximum absolute atomic E-state index is 12.8. The number of halogens is 4. The molecule has 0 aliphatic heterocycles. The van der Waals surface area contributed by atoms with Crippen molar-refractivity contribution in [3.8, 4) is 0 Å². The molecule has 2 aromatic carbocycles. The van der Waals surface area contributed by atoms with Gasteiger partial charge in [-0.15, -0.1) is 0 Å². The minimum Gasteiger partial charge on any atom is -0.324 e. The molecule has 0 saturated carbocycles. The molecule has 0 fully saturated rings. The molecule has 0 atom stereocenters. The van der Waals surface area contributed by atoms with E-state index in [0.29, 0.717) is 12.2 Å². The lowest BCUT2D eigenvalue weighted by molar-refractivity contribution is -0.137. The number of rotatable bonds is 5. The van der Waals surface area contributed by atoms with E-state index in [2.05, 4.69) is 5.32 Å². The van der Waals surface area contributed by atoms with Crippen LogP contribution in [-0.2, 0) is 15.8 Å². The molecular weight excluding hydrogens is 369 g/mol. The Morgan fingerprint density at radius 2 is 1.77 bits per heavy atom. The number of anilines is 2. The highest BCUT2D eigenvalue weighted by atomic mass is 35.5. The molecule has 2 aromatic rings. The number of nitrogens with one attached hydrogen (secondary N) is 1. The summed E-state index contributed by atoms with van der Waals surface area (Å²) in [5, 5.41) is 2.22. The summed E-state index contributed by atoms with van der Waals surface area (Å²) in [6.45, 7) is 2.10. The summed E-state index contributed by atoms with van der Waals surface area (Å²) < 4.78 is 38.3. The van der Waals surface area contributed by atoms with Crippen molar-refractivity contribution in [1.29, 1.82) is 0 Å². The Hall–Kier alpha value is -2.54. The zero-order valence-electron chi connectivity index (χ0n) is 13.8. The summed E-state index contributed by atoms with van der Waals surface area (Å²) >= 11 is 5.84. The predicted molar refractivity (Wildman–Crippen MR) is 94.2 cm³/mol. The number of amides is 2. The first-order chi connectivity index (χ1) is 12.2. The fourth-order valence-corrected chi connectivity index (χ4v) is 2.50. The molecule has 0 radical (unpaired) electrons. The Morgan fingerprint density at radius 3 is 2.35 bits per heavy atom. The molecule has 0 heterocycles. The number of para-hydroxylation sites is 1. The minimum absolute atomic E-state index is 0.0470. The van der Waals surface area contributed by atoms with Crippen LogP contribution in [0, 0.1) is 0 Å². The zero-order chi connectivity index (χ0) is 19.3. The lowest BCUT2D eigenvalue weighted by atomic mass is 10.2. The molecule has 0 aliphatic carbocycles. The van der Waals surface area contributed by atoms with Crippen LogP contribution in [0.5, 0.6) is 0 Å². The average molecular weight is 385 g/mol. The molecule has 0 aliphatic rings. The smallest absolute Gasteiger partial charge is 0.324 e. The van der Waals surface area contributed by atoms with E-state index in [1.54, 1.807) is 37.3 Å². The van der Waals surface area contributed by atoms with Crippen LogP contribution in [0.4, 0.5) is 24.5 Å². The SMILES string of the molecule is CCN(C(=O)CC(=O)Nc1cc(C(F)(F)F)ccc1Cl)c1ccccc1. The molecule has 138 valence electrons. The molecule has 4 nitrogen and oxygen atoms in total. The Morgan fingerprint density at radius 1 is 1.12 bits per heavy atom. The second-order valence-corrected chi connectivity index (χ2v) is 5.80. The van der Waals surface area contributed by atoms with Gasteiger partial charge in [0.2, 0.25) is 11.8 Å². The van der Waals surface area contributed by atoms with Gasteiger partial charge in [-0.2, -0.15) is 13.2 Å². The van der Waals surface area contributed by atoms with Gasteiger partial charge in [-0.25, -0.2) is 0 Å². The summed E-state index contributed by atoms with van der Waals surface area (Å²) in [6, 6.07) is 11.4. The Labute approximate surface area is 153 Å². The van der Waals surface area contributed by atoms with E-state index in [-0.39, 0.29) is 10.7 Å². The fourth-order valence-electron chi connectivity index (χ4n) is 2.34. The van der Waals surface area contributed by atoms with Crippen molar-refractivity contribution < 1.29 is 22.8 Å². The van der Waals surface area contributed by atoms with Crippen molar-refractivity contribution in [1.82, 2.24) is 0 Å². The molecule has 0 spiro atoms. The normalized spacial score (nSPS) is 11.1. The monoisotopic (exact) mass is 384 g/mol. The van der Waals surface area contributed by atoms with Gasteiger partial charge in [0.1, 0.15) is 6.42 Å². The average Bonchev–Trinajstić information content (AvgIpc) is 2.57. The molecular formula is C18H16ClF3N2O2. The Balaban J connectivity index is 2.10. The van der Waals surface area contributed by atoms with Crippen LogP contribution < -0.4 is 10.2 Å². The van der Waals surface area contributed by atoms with E-state index in [1.165, 1.54) is 4.90 Å². The standard InChI is InChI=1S/C18H16ClF3N2O2/c1-2-24(13-6-4-3-5-7-13)17(26)11-16(25)23-15-10-12(18(20,21)22)8-9-14(15)19/h3-10H,2,11H2,1H3,(H,23,25). The highest BCUT2D eigenvalue weighted by molar-refractivity contribution is 6.33. The van der Waals surface area contributed by atoms with Gasteiger partial charge in [0, 0.05) is 12.2 Å². The topological polar surface area (TPSA) is 49.4 Å². The number of carbonyl (C=O) groups is 2. The second-order valence-electron chi connectivity index (χ2n) is 5.39. The van der Waals surface area contributed by atoms with Crippen molar-refractivity contribution in [2.24, 2.45) is 0 Å². The zero-order valence-corrected chi connectivity index (χ0v) is 14.6. The Kier molecular flexibility index (Phi) is 6.26. The van der Waals surface area contributed by atoms with Crippen molar-refractivity contribution in [2.75, 3.05) is 16.8 Å². The van der Waals surface area contributed by atoms with E-state index in [1.807, 2.05) is 0 Å². The van der Waals surface area contributed by atoms with E-state index < -0.39 is 30.0 Å². The lowest BCUT2D eigenvalue weighted by Crippen LogP contribution is -2.33. The molecule has 0 bridgehead atoms. The number of nitrogens with zero attached hydrogens (tertiary/aromatic N) is 1. The van der Waals surface area contributed by atoms with Crippen molar-refractivity contribution in [2.45, 2.75) is 19.5 Å². The summed E-state index contributed by atoms with van der Waals surface area (Å²) in [5.74, 6) is -1.22. The van der Waals surface area contributed by atoms with Crippen LogP contribution >= 0.6 is 11.6 Å². The van der Waals surface area contributed by atoms with Crippen LogP contribution in [0.25, 0.3) is 0 Å². The first kappa shape index (κ1) is 19.8. The van der Waals surface area contributed by atoms with Gasteiger partial charge >= 0.3 is 6.18 Å². The van der Waals surface area contributed by atoms with Crippen molar-refractivity contribution >= 4 is 34.8 Å². The van der Waals surface area contributed by atoms with Gasteiger partial charge in [0.05, 0.1) is 16.3 Å². The van der Waals surface area contributed by atoms with Crippen LogP contribution in [0.2, 0.25) is 5.02 Å². The molecule has 8 heteroatoms. The minimum atomic E-state index is -4.56. The quantitative estimate of drug-likeness (QED) is 0.757. The molecule has 0 saturated heterocycles. The molecule has 0 aromatic heterocycles. The highest BCUT2D eigenvalue weighted by Gasteiger charge is 2.31. The number of hydrogen-bond acceptors (Lipinski definition) is 2. The van der Waals surface area contributed by atoms with Crippen LogP contribution in [0.1, 0.15) is 18.9 Å². The van der Waals surface area contributed by atoms with Crippen molar-refractivity contribution in [3.63, 3.8) is 0 Å². The Bertz CT molecular complexity index is 795. The number of hydrogen-bond donors (Lipinski definition) is 1. The van der Waals surface area contributed by atoms with E-state index >= 15 is 0 Å². The maximum atomic E-state index is 12.8. The summed E-state index contributed by atoms with van der Waals surface area (Å²) in [6.07, 6.45) is -5.08. The summed E-state index contributed by atoms with van der Waals surface area (Å²) in [5.41, 5.74) is -0.505. The number of alkyl halides is 3. The first-order valence-corrected chi connectivity index (χ1v) is 8.12. The van der Waals surface area contributed by atoms with Gasteiger partial charge in [0.25, 0.3) is 0 Å². The third-order valence-corrected chi connectivity index (χ3v) is 3.89. The van der Waals surface area contributed by atoms with Gasteiger partial charge in [-0.3, -0.25) is 9.59 Å².